The fourth-order valence-corrected chi connectivity index (χ4v) is 11.3. The first kappa shape index (κ1) is 60.0. The van der Waals surface area contributed by atoms with Crippen molar-refractivity contribution in [3.8, 4) is 39.5 Å². The highest BCUT2D eigenvalue weighted by Crippen LogP contribution is 2.38. The van der Waals surface area contributed by atoms with Crippen LogP contribution in [0.3, 0.4) is 0 Å². The van der Waals surface area contributed by atoms with Crippen molar-refractivity contribution in [3.05, 3.63) is 117 Å². The molecule has 1 amide bonds. The molecule has 7 aromatic rings. The lowest BCUT2D eigenvalue weighted by Gasteiger charge is -2.23. The number of nitrogens with two attached hydrogens (primary N) is 1. The number of methoxy groups -OCH3 is 6. The molecular weight excluding hydrogens is 1080 g/mol. The summed E-state index contributed by atoms with van der Waals surface area (Å²) in [5.41, 5.74) is 6.25. The van der Waals surface area contributed by atoms with Gasteiger partial charge in [-0.15, -0.1) is 32.9 Å². The molecule has 5 aromatic heterocycles. The minimum atomic E-state index is -3.93. The van der Waals surface area contributed by atoms with Gasteiger partial charge >= 0.3 is 0 Å². The zero-order valence-electron chi connectivity index (χ0n) is 43.6. The van der Waals surface area contributed by atoms with E-state index in [-0.39, 0.29) is 28.5 Å². The van der Waals surface area contributed by atoms with Gasteiger partial charge in [-0.1, -0.05) is 12.1 Å². The van der Waals surface area contributed by atoms with Crippen LogP contribution < -0.4 is 40.3 Å². The summed E-state index contributed by atoms with van der Waals surface area (Å²) in [6.07, 6.45) is 4.70. The maximum Gasteiger partial charge on any atom is 0.294 e. The fourth-order valence-electron chi connectivity index (χ4n) is 6.92. The van der Waals surface area contributed by atoms with E-state index in [1.165, 1.54) is 72.3 Å². The SMILES string of the molecule is COc1cccc(OC)c1-n1c(CS(=O)(=O)[C@@H](C)[C@H](OC)c2ncc(C)cn2)nnc1-c1nc(C)cs1.COc1cccc(OC)c1NC(=S)NS(=O)(=O)[C@@H](C)[C@H](OC)c1ncc(C)cn1.Cc1csc(C(=O)NN)n1. The van der Waals surface area contributed by atoms with E-state index in [0.717, 1.165) is 22.5 Å². The largest absolute Gasteiger partial charge is 0.494 e. The molecule has 0 unspecified atom stereocenters. The smallest absolute Gasteiger partial charge is 0.294 e. The lowest BCUT2D eigenvalue weighted by molar-refractivity contribution is 0.0946. The molecule has 2 aromatic carbocycles. The second-order valence-corrected chi connectivity index (χ2v) is 22.8. The van der Waals surface area contributed by atoms with Crippen LogP contribution in [0.25, 0.3) is 16.5 Å². The van der Waals surface area contributed by atoms with Crippen molar-refractivity contribution in [1.82, 2.24) is 54.8 Å². The van der Waals surface area contributed by atoms with Crippen molar-refractivity contribution in [1.29, 1.82) is 0 Å². The van der Waals surface area contributed by atoms with Gasteiger partial charge in [-0.05, 0) is 89.2 Å². The van der Waals surface area contributed by atoms with E-state index in [9.17, 15) is 21.6 Å². The second kappa shape index (κ2) is 27.3. The summed E-state index contributed by atoms with van der Waals surface area (Å²) in [5, 5.41) is 14.0. The number of nitrogens with one attached hydrogen (secondary N) is 3. The number of rotatable bonds is 19. The van der Waals surface area contributed by atoms with Gasteiger partial charge in [0.1, 0.15) is 57.6 Å². The molecule has 0 saturated carbocycles. The van der Waals surface area contributed by atoms with Gasteiger partial charge in [0.15, 0.2) is 48.3 Å². The number of anilines is 1. The first-order valence-corrected chi connectivity index (χ1v) is 28.0. The van der Waals surface area contributed by atoms with Crippen LogP contribution in [0.2, 0.25) is 0 Å². The number of carbonyl (C=O) groups is 1. The number of aryl methyl sites for hydroxylation is 4. The number of hydrazine groups is 1. The molecule has 5 heterocycles. The van der Waals surface area contributed by atoms with Crippen LogP contribution in [-0.2, 0) is 35.1 Å². The number of amides is 1. The number of hydrogen-bond donors (Lipinski definition) is 4. The molecule has 408 valence electrons. The van der Waals surface area contributed by atoms with Crippen molar-refractivity contribution in [2.45, 2.75) is 70.0 Å². The van der Waals surface area contributed by atoms with Crippen molar-refractivity contribution in [2.24, 2.45) is 5.84 Å². The number of hydrogen-bond acceptors (Lipinski definition) is 23. The van der Waals surface area contributed by atoms with E-state index in [2.05, 4.69) is 50.1 Å². The summed E-state index contributed by atoms with van der Waals surface area (Å²) in [4.78, 5) is 36.1. The van der Waals surface area contributed by atoms with E-state index in [0.29, 0.717) is 50.2 Å². The predicted molar refractivity (Wildman–Crippen MR) is 291 cm³/mol. The molecule has 0 fully saturated rings. The highest BCUT2D eigenvalue weighted by Gasteiger charge is 2.36. The zero-order chi connectivity index (χ0) is 55.9. The molecule has 0 saturated heterocycles. The Kier molecular flexibility index (Phi) is 21.5. The van der Waals surface area contributed by atoms with Gasteiger partial charge in [-0.25, -0.2) is 52.6 Å². The maximum absolute atomic E-state index is 13.7. The molecule has 29 heteroatoms. The highest BCUT2D eigenvalue weighted by molar-refractivity contribution is 7.92. The number of carbonyl (C=O) groups excluding carboxylic acids is 1. The molecule has 0 radical (unpaired) electrons. The molecule has 4 atom stereocenters. The quantitative estimate of drug-likeness (QED) is 0.0324. The monoisotopic (exact) mass is 1140 g/mol. The van der Waals surface area contributed by atoms with E-state index >= 15 is 0 Å². The number of benzene rings is 2. The molecule has 0 spiro atoms. The topological polar surface area (TPSA) is 311 Å². The number of ether oxygens (including phenoxy) is 6. The Morgan fingerprint density at radius 2 is 1.17 bits per heavy atom. The molecule has 0 aliphatic rings. The number of nitrogens with zero attached hydrogens (tertiary/aromatic N) is 9. The van der Waals surface area contributed by atoms with Gasteiger partial charge in [-0.2, -0.15) is 0 Å². The number of para-hydroxylation sites is 2. The Balaban J connectivity index is 0.000000242. The number of thiazole rings is 2. The van der Waals surface area contributed by atoms with Gasteiger partial charge in [0.25, 0.3) is 5.91 Å². The van der Waals surface area contributed by atoms with Gasteiger partial charge in [0, 0.05) is 61.2 Å². The third-order valence-electron chi connectivity index (χ3n) is 10.9. The number of sulfonamides is 1. The van der Waals surface area contributed by atoms with E-state index in [4.69, 9.17) is 46.5 Å². The Hall–Kier alpha value is -6.86. The molecule has 0 aliphatic carbocycles. The maximum atomic E-state index is 13.7. The molecule has 0 bridgehead atoms. The summed E-state index contributed by atoms with van der Waals surface area (Å²) in [6.45, 7) is 10.4. The summed E-state index contributed by atoms with van der Waals surface area (Å²) in [7, 11) is 1.09. The van der Waals surface area contributed by atoms with Crippen LogP contribution in [0.15, 0.2) is 71.9 Å². The lowest BCUT2D eigenvalue weighted by atomic mass is 10.2. The normalized spacial score (nSPS) is 12.8. The number of thiocarbonyl (C=S) groups is 1. The van der Waals surface area contributed by atoms with E-state index in [1.807, 2.05) is 38.5 Å². The first-order chi connectivity index (χ1) is 36.2. The van der Waals surface area contributed by atoms with Crippen LogP contribution in [-0.4, -0.2) is 126 Å². The van der Waals surface area contributed by atoms with Crippen LogP contribution >= 0.6 is 34.9 Å². The lowest BCUT2D eigenvalue weighted by Crippen LogP contribution is -2.42. The predicted octanol–water partition coefficient (Wildman–Crippen LogP) is 5.76. The minimum Gasteiger partial charge on any atom is -0.494 e. The first-order valence-electron chi connectivity index (χ1n) is 22.6. The number of nitrogen functional groups attached to an aromatic ring is 1. The number of aromatic nitrogens is 9. The van der Waals surface area contributed by atoms with Gasteiger partial charge in [0.2, 0.25) is 10.0 Å². The number of sulfone groups is 1. The third-order valence-corrected chi connectivity index (χ3v) is 16.9. The zero-order valence-corrected chi connectivity index (χ0v) is 47.7. The third kappa shape index (κ3) is 15.0. The summed E-state index contributed by atoms with van der Waals surface area (Å²) < 4.78 is 89.7. The van der Waals surface area contributed by atoms with Crippen LogP contribution in [0.1, 0.15) is 75.8 Å². The fraction of sp³-hybridized carbons (Fsp3) is 0.362. The van der Waals surface area contributed by atoms with Crippen molar-refractivity contribution in [2.75, 3.05) is 48.0 Å². The summed E-state index contributed by atoms with van der Waals surface area (Å²) >= 11 is 7.85. The van der Waals surface area contributed by atoms with Crippen molar-refractivity contribution < 1.29 is 50.1 Å². The standard InChI is InChI=1S/C24H28N6O5S2.C18H24N4O5S2.C5H7N3OS/c1-14-10-25-22(26-11-14)21(35-6)16(3)37(31,32)13-19-28-29-23(24-27-15(2)12-36-24)30(19)20-17(33-4)8-7-9-18(20)34-5;1-11-9-19-17(20-10-11)16(27-5)12(2)29(23,24)22-18(28)21-15-13(25-3)7-6-8-14(15)26-4;1-3-2-10-5(7-3)4(9)8-6/h7-12,16,21H,13H2,1-6H3;6-10,12,16H,1-5H3,(H2,21,22,28);2H,6H2,1H3,(H,8,9)/t16-,21-;12-,16-;/m00./s1. The summed E-state index contributed by atoms with van der Waals surface area (Å²) in [5.74, 6) is 7.04. The van der Waals surface area contributed by atoms with Crippen LogP contribution in [0, 0.1) is 27.7 Å². The van der Waals surface area contributed by atoms with E-state index in [1.54, 1.807) is 78.1 Å². The molecular formula is C47H59N13O11S5. The van der Waals surface area contributed by atoms with Crippen molar-refractivity contribution >= 4 is 71.5 Å². The minimum absolute atomic E-state index is 0.140. The summed E-state index contributed by atoms with van der Waals surface area (Å²) in [6, 6.07) is 10.4. The Morgan fingerprint density at radius 1 is 0.697 bits per heavy atom. The Labute approximate surface area is 454 Å². The van der Waals surface area contributed by atoms with Crippen molar-refractivity contribution in [3.63, 3.8) is 0 Å². The van der Waals surface area contributed by atoms with Gasteiger partial charge in [-0.3, -0.25) is 19.5 Å². The average Bonchev–Trinajstić information content (AvgIpc) is 4.16. The second-order valence-electron chi connectivity index (χ2n) is 16.3. The van der Waals surface area contributed by atoms with Gasteiger partial charge < -0.3 is 33.7 Å². The van der Waals surface area contributed by atoms with Crippen LogP contribution in [0.4, 0.5) is 5.69 Å². The molecule has 76 heavy (non-hydrogen) atoms. The van der Waals surface area contributed by atoms with Gasteiger partial charge in [0.05, 0.1) is 33.7 Å². The molecule has 7 rings (SSSR count). The Bertz CT molecular complexity index is 3240. The molecule has 5 N–H and O–H groups in total. The van der Waals surface area contributed by atoms with E-state index < -0.39 is 48.3 Å². The Morgan fingerprint density at radius 3 is 1.61 bits per heavy atom. The van der Waals surface area contributed by atoms with Crippen LogP contribution in [0.5, 0.6) is 23.0 Å². The highest BCUT2D eigenvalue weighted by atomic mass is 32.2. The average molecular weight is 1140 g/mol. The molecule has 24 nitrogen and oxygen atoms in total. The molecule has 0 aliphatic heterocycles.